The molecule has 1 aromatic carbocycles. The van der Waals surface area contributed by atoms with Crippen LogP contribution in [0.15, 0.2) is 18.2 Å². The average molecular weight is 294 g/mol. The second-order valence-electron chi connectivity index (χ2n) is 4.75. The molecular weight excluding hydrogens is 276 g/mol. The molecule has 0 fully saturated rings. The van der Waals surface area contributed by atoms with E-state index < -0.39 is 29.8 Å². The molecular formula is C14H18F4O2. The third-order valence-corrected chi connectivity index (χ3v) is 3.49. The van der Waals surface area contributed by atoms with E-state index in [0.29, 0.717) is 25.0 Å². The minimum absolute atomic E-state index is 0.141. The summed E-state index contributed by atoms with van der Waals surface area (Å²) < 4.78 is 51.0. The van der Waals surface area contributed by atoms with E-state index >= 15 is 0 Å². The van der Waals surface area contributed by atoms with Crippen LogP contribution < -0.4 is 0 Å². The molecule has 0 aromatic heterocycles. The molecule has 0 aliphatic carbocycles. The van der Waals surface area contributed by atoms with Gasteiger partial charge in [-0.25, -0.2) is 4.39 Å². The van der Waals surface area contributed by atoms with Crippen LogP contribution in [-0.2, 0) is 6.18 Å². The van der Waals surface area contributed by atoms with Crippen molar-refractivity contribution in [3.63, 3.8) is 0 Å². The number of hydrogen-bond donors (Lipinski definition) is 2. The first-order valence-corrected chi connectivity index (χ1v) is 6.45. The summed E-state index contributed by atoms with van der Waals surface area (Å²) in [6.45, 7) is 3.63. The lowest BCUT2D eigenvalue weighted by Gasteiger charge is -2.25. The van der Waals surface area contributed by atoms with Gasteiger partial charge in [0.25, 0.3) is 0 Å². The van der Waals surface area contributed by atoms with Crippen molar-refractivity contribution in [1.29, 1.82) is 0 Å². The maximum Gasteiger partial charge on any atom is 0.419 e. The van der Waals surface area contributed by atoms with E-state index in [1.54, 1.807) is 0 Å². The van der Waals surface area contributed by atoms with Crippen molar-refractivity contribution >= 4 is 0 Å². The van der Waals surface area contributed by atoms with Crippen LogP contribution in [0.3, 0.4) is 0 Å². The molecule has 1 rings (SSSR count). The number of benzene rings is 1. The van der Waals surface area contributed by atoms with Gasteiger partial charge in [0.2, 0.25) is 0 Å². The molecule has 0 aliphatic heterocycles. The summed E-state index contributed by atoms with van der Waals surface area (Å²) in [6, 6.07) is 2.26. The predicted molar refractivity (Wildman–Crippen MR) is 66.4 cm³/mol. The van der Waals surface area contributed by atoms with Gasteiger partial charge >= 0.3 is 6.18 Å². The SMILES string of the molecule is CCC(CC)C(O)C(O)c1ccc(F)c(C(F)(F)F)c1. The van der Waals surface area contributed by atoms with Gasteiger partial charge in [-0.15, -0.1) is 0 Å². The molecule has 20 heavy (non-hydrogen) atoms. The second-order valence-corrected chi connectivity index (χ2v) is 4.75. The standard InChI is InChI=1S/C14H18F4O2/c1-3-8(4-2)12(19)13(20)9-5-6-11(15)10(7-9)14(16,17)18/h5-8,12-13,19-20H,3-4H2,1-2H3. The van der Waals surface area contributed by atoms with Crippen LogP contribution in [0.2, 0.25) is 0 Å². The van der Waals surface area contributed by atoms with Crippen molar-refractivity contribution < 1.29 is 27.8 Å². The summed E-state index contributed by atoms with van der Waals surface area (Å²) in [7, 11) is 0. The third kappa shape index (κ3) is 3.70. The van der Waals surface area contributed by atoms with Crippen LogP contribution >= 0.6 is 0 Å². The summed E-state index contributed by atoms with van der Waals surface area (Å²) in [5.74, 6) is -1.63. The Balaban J connectivity index is 3.08. The zero-order chi connectivity index (χ0) is 15.5. The molecule has 2 atom stereocenters. The topological polar surface area (TPSA) is 40.5 Å². The number of aliphatic hydroxyl groups excluding tert-OH is 2. The number of alkyl halides is 3. The Morgan fingerprint density at radius 1 is 1.10 bits per heavy atom. The van der Waals surface area contributed by atoms with Gasteiger partial charge in [0.05, 0.1) is 11.7 Å². The highest BCUT2D eigenvalue weighted by molar-refractivity contribution is 5.29. The van der Waals surface area contributed by atoms with E-state index in [4.69, 9.17) is 0 Å². The van der Waals surface area contributed by atoms with Gasteiger partial charge in [-0.05, 0) is 23.6 Å². The number of halogens is 4. The van der Waals surface area contributed by atoms with Gasteiger partial charge in [-0.1, -0.05) is 32.8 Å². The quantitative estimate of drug-likeness (QED) is 0.813. The first kappa shape index (κ1) is 16.9. The Morgan fingerprint density at radius 3 is 2.10 bits per heavy atom. The normalized spacial score (nSPS) is 15.4. The van der Waals surface area contributed by atoms with Crippen LogP contribution in [0.4, 0.5) is 17.6 Å². The van der Waals surface area contributed by atoms with Crippen molar-refractivity contribution in [2.45, 2.75) is 45.1 Å². The van der Waals surface area contributed by atoms with Crippen molar-refractivity contribution in [3.8, 4) is 0 Å². The monoisotopic (exact) mass is 294 g/mol. The number of rotatable bonds is 5. The van der Waals surface area contributed by atoms with E-state index in [0.717, 1.165) is 6.07 Å². The second kappa shape index (κ2) is 6.54. The highest BCUT2D eigenvalue weighted by Crippen LogP contribution is 2.34. The van der Waals surface area contributed by atoms with Crippen molar-refractivity contribution in [1.82, 2.24) is 0 Å². The smallest absolute Gasteiger partial charge is 0.390 e. The van der Waals surface area contributed by atoms with E-state index in [1.807, 2.05) is 13.8 Å². The molecule has 0 saturated carbocycles. The van der Waals surface area contributed by atoms with Crippen LogP contribution in [-0.4, -0.2) is 16.3 Å². The average Bonchev–Trinajstić information content (AvgIpc) is 2.38. The summed E-state index contributed by atoms with van der Waals surface area (Å²) in [6.07, 6.45) is -6.32. The Morgan fingerprint density at radius 2 is 1.65 bits per heavy atom. The zero-order valence-corrected chi connectivity index (χ0v) is 11.3. The largest absolute Gasteiger partial charge is 0.419 e. The third-order valence-electron chi connectivity index (χ3n) is 3.49. The molecule has 0 amide bonds. The molecule has 6 heteroatoms. The van der Waals surface area contributed by atoms with Crippen LogP contribution in [0, 0.1) is 11.7 Å². The lowest BCUT2D eigenvalue weighted by molar-refractivity contribution is -0.140. The summed E-state index contributed by atoms with van der Waals surface area (Å²) in [5, 5.41) is 19.9. The molecule has 0 spiro atoms. The van der Waals surface area contributed by atoms with Gasteiger partial charge in [-0.2, -0.15) is 13.2 Å². The molecule has 0 heterocycles. The first-order valence-electron chi connectivity index (χ1n) is 6.45. The predicted octanol–water partition coefficient (Wildman–Crippen LogP) is 3.68. The Bertz CT molecular complexity index is 441. The molecule has 114 valence electrons. The lowest BCUT2D eigenvalue weighted by Crippen LogP contribution is -2.27. The molecule has 2 N–H and O–H groups in total. The fourth-order valence-electron chi connectivity index (χ4n) is 2.17. The Labute approximate surface area is 115 Å². The van der Waals surface area contributed by atoms with E-state index in [1.165, 1.54) is 0 Å². The minimum atomic E-state index is -4.83. The molecule has 0 radical (unpaired) electrons. The van der Waals surface area contributed by atoms with Crippen molar-refractivity contribution in [2.75, 3.05) is 0 Å². The molecule has 0 bridgehead atoms. The van der Waals surface area contributed by atoms with Gasteiger partial charge in [-0.3, -0.25) is 0 Å². The summed E-state index contributed by atoms with van der Waals surface area (Å²) >= 11 is 0. The van der Waals surface area contributed by atoms with Gasteiger partial charge < -0.3 is 10.2 Å². The van der Waals surface area contributed by atoms with Crippen LogP contribution in [0.1, 0.15) is 43.9 Å². The van der Waals surface area contributed by atoms with Gasteiger partial charge in [0.1, 0.15) is 11.9 Å². The molecule has 1 aromatic rings. The molecule has 0 saturated heterocycles. The van der Waals surface area contributed by atoms with Gasteiger partial charge in [0, 0.05) is 0 Å². The van der Waals surface area contributed by atoms with Crippen molar-refractivity contribution in [3.05, 3.63) is 35.1 Å². The van der Waals surface area contributed by atoms with E-state index in [9.17, 15) is 27.8 Å². The Hall–Kier alpha value is -1.14. The fraction of sp³-hybridized carbons (Fsp3) is 0.571. The molecule has 2 nitrogen and oxygen atoms in total. The molecule has 0 aliphatic rings. The minimum Gasteiger partial charge on any atom is -0.390 e. The Kier molecular flexibility index (Phi) is 5.53. The van der Waals surface area contributed by atoms with Crippen LogP contribution in [0.25, 0.3) is 0 Å². The number of aliphatic hydroxyl groups is 2. The van der Waals surface area contributed by atoms with Gasteiger partial charge in [0.15, 0.2) is 0 Å². The molecule has 2 unspecified atom stereocenters. The van der Waals surface area contributed by atoms with Crippen molar-refractivity contribution in [2.24, 2.45) is 5.92 Å². The maximum atomic E-state index is 13.2. The van der Waals surface area contributed by atoms with Crippen LogP contribution in [0.5, 0.6) is 0 Å². The summed E-state index contributed by atoms with van der Waals surface area (Å²) in [4.78, 5) is 0. The van der Waals surface area contributed by atoms with E-state index in [2.05, 4.69) is 0 Å². The first-order chi connectivity index (χ1) is 9.22. The highest BCUT2D eigenvalue weighted by Gasteiger charge is 2.35. The highest BCUT2D eigenvalue weighted by atomic mass is 19.4. The lowest BCUT2D eigenvalue weighted by atomic mass is 9.89. The fourth-order valence-corrected chi connectivity index (χ4v) is 2.17. The van der Waals surface area contributed by atoms with E-state index in [-0.39, 0.29) is 11.5 Å². The maximum absolute atomic E-state index is 13.2. The zero-order valence-electron chi connectivity index (χ0n) is 11.3. The summed E-state index contributed by atoms with van der Waals surface area (Å²) in [5.41, 5.74) is -1.58. The number of hydrogen-bond acceptors (Lipinski definition) is 2.